The van der Waals surface area contributed by atoms with Crippen LogP contribution in [0.5, 0.6) is 0 Å². The van der Waals surface area contributed by atoms with E-state index >= 15 is 0 Å². The Kier molecular flexibility index (Phi) is 6.89. The lowest BCUT2D eigenvalue weighted by Crippen LogP contribution is -2.49. The molecule has 0 radical (unpaired) electrons. The highest BCUT2D eigenvalue weighted by Gasteiger charge is 2.27. The Labute approximate surface area is 161 Å². The topological polar surface area (TPSA) is 104 Å². The minimum absolute atomic E-state index is 0.0103. The summed E-state index contributed by atoms with van der Waals surface area (Å²) in [6.07, 6.45) is 7.67. The number of piperazine rings is 1. The number of nitrogens with one attached hydrogen (secondary N) is 1. The van der Waals surface area contributed by atoms with E-state index in [-0.39, 0.29) is 12.3 Å². The fraction of sp³-hybridized carbons (Fsp3) is 0.667. The van der Waals surface area contributed by atoms with E-state index < -0.39 is 10.0 Å². The average Bonchev–Trinajstić information content (AvgIpc) is 2.69. The van der Waals surface area contributed by atoms with Crippen molar-refractivity contribution in [3.05, 3.63) is 24.4 Å². The summed E-state index contributed by atoms with van der Waals surface area (Å²) in [5.41, 5.74) is 5.91. The molecule has 0 spiro atoms. The van der Waals surface area contributed by atoms with Gasteiger partial charge in [0.2, 0.25) is 10.0 Å². The van der Waals surface area contributed by atoms with Crippen molar-refractivity contribution in [2.45, 2.75) is 38.1 Å². The molecule has 1 aliphatic heterocycles. The summed E-state index contributed by atoms with van der Waals surface area (Å²) in [7, 11) is -3.32. The first-order valence-corrected chi connectivity index (χ1v) is 11.4. The molecule has 2 fully saturated rings. The van der Waals surface area contributed by atoms with Gasteiger partial charge in [0.05, 0.1) is 12.3 Å². The van der Waals surface area contributed by atoms with Gasteiger partial charge in [-0.1, -0.05) is 25.3 Å². The standard InChI is InChI=1S/C18H30N6O2S/c19-18(22-16-6-2-1-3-7-16)21-10-15-27(25,26)24-13-11-23(12-14-24)17-8-4-5-9-20-17/h4-5,8-9,16H,1-3,6-7,10-15H2,(H3,19,21,22). The maximum absolute atomic E-state index is 12.6. The van der Waals surface area contributed by atoms with Gasteiger partial charge in [-0.3, -0.25) is 4.99 Å². The van der Waals surface area contributed by atoms with Crippen molar-refractivity contribution in [1.82, 2.24) is 14.6 Å². The Morgan fingerprint density at radius 3 is 2.59 bits per heavy atom. The van der Waals surface area contributed by atoms with Crippen LogP contribution in [0.4, 0.5) is 5.82 Å². The van der Waals surface area contributed by atoms with Crippen LogP contribution in [0.25, 0.3) is 0 Å². The van der Waals surface area contributed by atoms with Gasteiger partial charge in [-0.15, -0.1) is 0 Å². The summed E-state index contributed by atoms with van der Waals surface area (Å²) in [4.78, 5) is 10.7. The molecule has 1 aliphatic carbocycles. The third kappa shape index (κ3) is 5.80. The summed E-state index contributed by atoms with van der Waals surface area (Å²) >= 11 is 0. The molecule has 0 unspecified atom stereocenters. The number of aliphatic imine (C=N–C) groups is 1. The van der Waals surface area contributed by atoms with Gasteiger partial charge in [-0.2, -0.15) is 4.31 Å². The Morgan fingerprint density at radius 1 is 1.19 bits per heavy atom. The third-order valence-electron chi connectivity index (χ3n) is 5.19. The minimum Gasteiger partial charge on any atom is -0.370 e. The van der Waals surface area contributed by atoms with Crippen molar-refractivity contribution >= 4 is 21.8 Å². The number of anilines is 1. The van der Waals surface area contributed by atoms with Gasteiger partial charge < -0.3 is 16.0 Å². The molecule has 3 rings (SSSR count). The van der Waals surface area contributed by atoms with E-state index in [9.17, 15) is 8.42 Å². The average molecular weight is 395 g/mol. The van der Waals surface area contributed by atoms with Crippen LogP contribution >= 0.6 is 0 Å². The molecule has 2 aliphatic rings. The molecule has 2 heterocycles. The fourth-order valence-electron chi connectivity index (χ4n) is 3.65. The van der Waals surface area contributed by atoms with Crippen molar-refractivity contribution in [1.29, 1.82) is 0 Å². The molecule has 1 saturated heterocycles. The summed E-state index contributed by atoms with van der Waals surface area (Å²) in [5.74, 6) is 1.24. The minimum atomic E-state index is -3.32. The summed E-state index contributed by atoms with van der Waals surface area (Å²) in [6.45, 7) is 2.42. The number of rotatable bonds is 6. The van der Waals surface area contributed by atoms with Crippen molar-refractivity contribution < 1.29 is 8.42 Å². The monoisotopic (exact) mass is 394 g/mol. The molecular weight excluding hydrogens is 364 g/mol. The van der Waals surface area contributed by atoms with Crippen LogP contribution in [0.15, 0.2) is 29.4 Å². The Balaban J connectivity index is 1.44. The number of sulfonamides is 1. The van der Waals surface area contributed by atoms with Crippen LogP contribution in [0.1, 0.15) is 32.1 Å². The third-order valence-corrected chi connectivity index (χ3v) is 7.04. The predicted molar refractivity (Wildman–Crippen MR) is 108 cm³/mol. The molecule has 1 saturated carbocycles. The Morgan fingerprint density at radius 2 is 1.93 bits per heavy atom. The van der Waals surface area contributed by atoms with Crippen LogP contribution in [-0.4, -0.2) is 68.2 Å². The van der Waals surface area contributed by atoms with Gasteiger partial charge in [0.25, 0.3) is 0 Å². The smallest absolute Gasteiger partial charge is 0.216 e. The SMILES string of the molecule is NC(=NCCS(=O)(=O)N1CCN(c2ccccn2)CC1)NC1CCCCC1. The largest absolute Gasteiger partial charge is 0.370 e. The van der Waals surface area contributed by atoms with E-state index in [0.29, 0.717) is 38.2 Å². The molecule has 0 amide bonds. The quantitative estimate of drug-likeness (QED) is 0.546. The van der Waals surface area contributed by atoms with Gasteiger partial charge >= 0.3 is 0 Å². The highest BCUT2D eigenvalue weighted by Crippen LogP contribution is 2.17. The second kappa shape index (κ2) is 9.36. The number of nitrogens with zero attached hydrogens (tertiary/aromatic N) is 4. The molecule has 0 aromatic carbocycles. The van der Waals surface area contributed by atoms with Crippen LogP contribution in [0.2, 0.25) is 0 Å². The van der Waals surface area contributed by atoms with Gasteiger partial charge in [0, 0.05) is 38.4 Å². The lowest BCUT2D eigenvalue weighted by molar-refractivity contribution is 0.384. The van der Waals surface area contributed by atoms with Gasteiger partial charge in [0.15, 0.2) is 5.96 Å². The van der Waals surface area contributed by atoms with Crippen LogP contribution in [-0.2, 0) is 10.0 Å². The number of guanidine groups is 1. The summed E-state index contributed by atoms with van der Waals surface area (Å²) < 4.78 is 26.7. The highest BCUT2D eigenvalue weighted by molar-refractivity contribution is 7.89. The number of pyridine rings is 1. The first-order valence-electron chi connectivity index (χ1n) is 9.75. The van der Waals surface area contributed by atoms with Crippen molar-refractivity contribution in [2.75, 3.05) is 43.4 Å². The predicted octanol–water partition coefficient (Wildman–Crippen LogP) is 0.770. The molecule has 3 N–H and O–H groups in total. The number of hydrogen-bond acceptors (Lipinski definition) is 5. The number of nitrogens with two attached hydrogens (primary N) is 1. The van der Waals surface area contributed by atoms with E-state index in [0.717, 1.165) is 18.7 Å². The Bertz CT molecular complexity index is 711. The van der Waals surface area contributed by atoms with E-state index in [2.05, 4.69) is 20.2 Å². The molecule has 27 heavy (non-hydrogen) atoms. The van der Waals surface area contributed by atoms with Gasteiger partial charge in [-0.25, -0.2) is 13.4 Å². The van der Waals surface area contributed by atoms with Crippen LogP contribution in [0.3, 0.4) is 0 Å². The first kappa shape index (κ1) is 19.9. The maximum Gasteiger partial charge on any atom is 0.216 e. The zero-order chi connectivity index (χ0) is 19.1. The second-order valence-corrected chi connectivity index (χ2v) is 9.22. The molecule has 1 aromatic rings. The molecular formula is C18H30N6O2S. The van der Waals surface area contributed by atoms with Crippen LogP contribution in [0, 0.1) is 0 Å². The molecule has 9 heteroatoms. The summed E-state index contributed by atoms with van der Waals surface area (Å²) in [6, 6.07) is 6.13. The maximum atomic E-state index is 12.6. The van der Waals surface area contributed by atoms with E-state index in [1.807, 2.05) is 18.2 Å². The van der Waals surface area contributed by atoms with Crippen molar-refractivity contribution in [2.24, 2.45) is 10.7 Å². The van der Waals surface area contributed by atoms with Gasteiger partial charge in [0.1, 0.15) is 5.82 Å². The van der Waals surface area contributed by atoms with Crippen molar-refractivity contribution in [3.8, 4) is 0 Å². The zero-order valence-corrected chi connectivity index (χ0v) is 16.6. The second-order valence-electron chi connectivity index (χ2n) is 7.14. The molecule has 0 bridgehead atoms. The first-order chi connectivity index (χ1) is 13.0. The van der Waals surface area contributed by atoms with Gasteiger partial charge in [-0.05, 0) is 25.0 Å². The molecule has 1 aromatic heterocycles. The highest BCUT2D eigenvalue weighted by atomic mass is 32.2. The molecule has 8 nitrogen and oxygen atoms in total. The summed E-state index contributed by atoms with van der Waals surface area (Å²) in [5, 5.41) is 3.21. The van der Waals surface area contributed by atoms with E-state index in [4.69, 9.17) is 5.73 Å². The molecule has 0 atom stereocenters. The lowest BCUT2D eigenvalue weighted by Gasteiger charge is -2.34. The van der Waals surface area contributed by atoms with Crippen molar-refractivity contribution in [3.63, 3.8) is 0 Å². The normalized spacial score (nSPS) is 20.6. The number of aromatic nitrogens is 1. The van der Waals surface area contributed by atoms with Crippen LogP contribution < -0.4 is 16.0 Å². The van der Waals surface area contributed by atoms with E-state index in [1.165, 1.54) is 19.3 Å². The molecule has 150 valence electrons. The number of hydrogen-bond donors (Lipinski definition) is 2. The lowest BCUT2D eigenvalue weighted by atomic mass is 9.96. The zero-order valence-electron chi connectivity index (χ0n) is 15.8. The fourth-order valence-corrected chi connectivity index (χ4v) is 4.95. The van der Waals surface area contributed by atoms with E-state index in [1.54, 1.807) is 10.5 Å². The Hall–Kier alpha value is -1.87.